The number of amides is 2. The van der Waals surface area contributed by atoms with E-state index >= 15 is 0 Å². The van der Waals surface area contributed by atoms with Crippen molar-refractivity contribution in [1.29, 1.82) is 0 Å². The number of hydrogen-bond donors (Lipinski definition) is 2. The molecule has 0 aliphatic heterocycles. The molecule has 0 spiro atoms. The molecule has 0 unspecified atom stereocenters. The second-order valence-corrected chi connectivity index (χ2v) is 3.05. The molecule has 5 heteroatoms. The van der Waals surface area contributed by atoms with E-state index in [2.05, 4.69) is 15.9 Å². The van der Waals surface area contributed by atoms with E-state index in [1.54, 1.807) is 24.3 Å². The highest BCUT2D eigenvalue weighted by molar-refractivity contribution is 9.10. The van der Waals surface area contributed by atoms with Crippen LogP contribution in [0.1, 0.15) is 0 Å². The van der Waals surface area contributed by atoms with Crippen LogP contribution in [-0.4, -0.2) is 11.2 Å². The van der Waals surface area contributed by atoms with Crippen LogP contribution < -0.4 is 10.8 Å². The number of nitrogens with zero attached hydrogens (tertiary/aromatic N) is 1. The maximum absolute atomic E-state index is 10.5. The average Bonchev–Trinajstić information content (AvgIpc) is 2.03. The Balaban J connectivity index is 2.95. The summed E-state index contributed by atoms with van der Waals surface area (Å²) in [6.45, 7) is 0. The van der Waals surface area contributed by atoms with Crippen molar-refractivity contribution in [2.45, 2.75) is 0 Å². The minimum Gasteiger partial charge on any atom is -0.349 e. The summed E-state index contributed by atoms with van der Waals surface area (Å²) < 4.78 is 0.764. The third kappa shape index (κ3) is 1.96. The Labute approximate surface area is 77.7 Å². The molecule has 3 N–H and O–H groups in total. The van der Waals surface area contributed by atoms with Crippen molar-refractivity contribution in [2.24, 2.45) is 5.73 Å². The third-order valence-corrected chi connectivity index (χ3v) is 1.75. The SMILES string of the molecule is NC(=O)N(O)c1cccc(Br)c1. The lowest BCUT2D eigenvalue weighted by molar-refractivity contribution is 0.212. The van der Waals surface area contributed by atoms with Gasteiger partial charge in [0.1, 0.15) is 0 Å². The van der Waals surface area contributed by atoms with Crippen LogP contribution in [0.3, 0.4) is 0 Å². The fourth-order valence-corrected chi connectivity index (χ4v) is 1.12. The van der Waals surface area contributed by atoms with Gasteiger partial charge in [0, 0.05) is 4.47 Å². The topological polar surface area (TPSA) is 66.6 Å². The van der Waals surface area contributed by atoms with Gasteiger partial charge in [-0.25, -0.2) is 4.79 Å². The van der Waals surface area contributed by atoms with Gasteiger partial charge in [0.05, 0.1) is 5.69 Å². The summed E-state index contributed by atoms with van der Waals surface area (Å²) in [5.41, 5.74) is 5.17. The van der Waals surface area contributed by atoms with Crippen LogP contribution in [0.4, 0.5) is 10.5 Å². The molecule has 1 aromatic carbocycles. The lowest BCUT2D eigenvalue weighted by atomic mass is 10.3. The Kier molecular flexibility index (Phi) is 2.67. The zero-order chi connectivity index (χ0) is 9.14. The molecule has 1 rings (SSSR count). The molecular formula is C7H7BrN2O2. The average molecular weight is 231 g/mol. The van der Waals surface area contributed by atoms with Gasteiger partial charge in [-0.3, -0.25) is 5.21 Å². The summed E-state index contributed by atoms with van der Waals surface area (Å²) >= 11 is 3.19. The number of carbonyl (C=O) groups excluding carboxylic acids is 1. The number of anilines is 1. The van der Waals surface area contributed by atoms with Crippen molar-refractivity contribution in [3.63, 3.8) is 0 Å². The molecule has 0 fully saturated rings. The summed E-state index contributed by atoms with van der Waals surface area (Å²) in [6, 6.07) is 5.69. The largest absolute Gasteiger partial charge is 0.349 e. The number of benzene rings is 1. The van der Waals surface area contributed by atoms with Crippen molar-refractivity contribution in [2.75, 3.05) is 5.06 Å². The smallest absolute Gasteiger partial charge is 0.343 e. The first-order valence-corrected chi connectivity index (χ1v) is 3.94. The molecule has 0 aliphatic rings. The van der Waals surface area contributed by atoms with Gasteiger partial charge in [-0.05, 0) is 18.2 Å². The minimum absolute atomic E-state index is 0.330. The lowest BCUT2D eigenvalue weighted by Gasteiger charge is -2.11. The van der Waals surface area contributed by atoms with E-state index in [1.165, 1.54) is 0 Å². The first-order valence-electron chi connectivity index (χ1n) is 3.15. The highest BCUT2D eigenvalue weighted by Gasteiger charge is 2.07. The zero-order valence-corrected chi connectivity index (χ0v) is 7.65. The van der Waals surface area contributed by atoms with Crippen molar-refractivity contribution >= 4 is 27.6 Å². The Hall–Kier alpha value is -1.07. The fourth-order valence-electron chi connectivity index (χ4n) is 0.735. The van der Waals surface area contributed by atoms with Crippen molar-refractivity contribution in [1.82, 2.24) is 0 Å². The first-order chi connectivity index (χ1) is 5.61. The second-order valence-electron chi connectivity index (χ2n) is 2.13. The van der Waals surface area contributed by atoms with E-state index in [9.17, 15) is 4.79 Å². The minimum atomic E-state index is -0.909. The number of carbonyl (C=O) groups is 1. The fraction of sp³-hybridized carbons (Fsp3) is 0. The summed E-state index contributed by atoms with van der Waals surface area (Å²) in [7, 11) is 0. The van der Waals surface area contributed by atoms with Crippen LogP contribution in [-0.2, 0) is 0 Å². The van der Waals surface area contributed by atoms with E-state index in [1.807, 2.05) is 0 Å². The molecule has 1 aromatic rings. The van der Waals surface area contributed by atoms with Gasteiger partial charge < -0.3 is 5.73 Å². The van der Waals surface area contributed by atoms with Gasteiger partial charge in [-0.15, -0.1) is 0 Å². The highest BCUT2D eigenvalue weighted by atomic mass is 79.9. The Morgan fingerprint density at radius 3 is 2.75 bits per heavy atom. The van der Waals surface area contributed by atoms with E-state index in [4.69, 9.17) is 10.9 Å². The molecular weight excluding hydrogens is 224 g/mol. The Morgan fingerprint density at radius 2 is 2.25 bits per heavy atom. The van der Waals surface area contributed by atoms with Gasteiger partial charge in [0.2, 0.25) is 0 Å². The monoisotopic (exact) mass is 230 g/mol. The van der Waals surface area contributed by atoms with Gasteiger partial charge in [0.15, 0.2) is 0 Å². The van der Waals surface area contributed by atoms with E-state index in [0.29, 0.717) is 10.8 Å². The molecule has 2 amide bonds. The molecule has 64 valence electrons. The van der Waals surface area contributed by atoms with Crippen LogP contribution in [0, 0.1) is 0 Å². The molecule has 4 nitrogen and oxygen atoms in total. The van der Waals surface area contributed by atoms with Gasteiger partial charge in [-0.2, -0.15) is 5.06 Å². The Morgan fingerprint density at radius 1 is 1.58 bits per heavy atom. The maximum Gasteiger partial charge on any atom is 0.343 e. The van der Waals surface area contributed by atoms with Crippen LogP contribution in [0.15, 0.2) is 28.7 Å². The van der Waals surface area contributed by atoms with E-state index < -0.39 is 6.03 Å². The van der Waals surface area contributed by atoms with Gasteiger partial charge >= 0.3 is 6.03 Å². The maximum atomic E-state index is 10.5. The number of halogens is 1. The summed E-state index contributed by atoms with van der Waals surface area (Å²) in [6.07, 6.45) is 0. The van der Waals surface area contributed by atoms with Crippen LogP contribution in [0.2, 0.25) is 0 Å². The van der Waals surface area contributed by atoms with E-state index in [-0.39, 0.29) is 0 Å². The number of rotatable bonds is 1. The molecule has 0 aliphatic carbocycles. The molecule has 0 radical (unpaired) electrons. The number of primary amides is 1. The summed E-state index contributed by atoms with van der Waals surface area (Å²) in [5, 5.41) is 9.44. The quantitative estimate of drug-likeness (QED) is 0.570. The number of urea groups is 1. The highest BCUT2D eigenvalue weighted by Crippen LogP contribution is 2.18. The number of hydroxylamine groups is 1. The normalized spacial score (nSPS) is 9.50. The molecule has 0 saturated heterocycles. The van der Waals surface area contributed by atoms with Crippen molar-refractivity contribution < 1.29 is 10.0 Å². The zero-order valence-electron chi connectivity index (χ0n) is 6.07. The van der Waals surface area contributed by atoms with Crippen molar-refractivity contribution in [3.05, 3.63) is 28.7 Å². The van der Waals surface area contributed by atoms with Crippen LogP contribution in [0.25, 0.3) is 0 Å². The van der Waals surface area contributed by atoms with E-state index in [0.717, 1.165) is 4.47 Å². The van der Waals surface area contributed by atoms with Crippen LogP contribution in [0.5, 0.6) is 0 Å². The standard InChI is InChI=1S/C7H7BrN2O2/c8-5-2-1-3-6(4-5)10(12)7(9)11/h1-4,12H,(H2,9,11). The number of hydrogen-bond acceptors (Lipinski definition) is 2. The van der Waals surface area contributed by atoms with Crippen molar-refractivity contribution in [3.8, 4) is 0 Å². The molecule has 0 heterocycles. The first kappa shape index (κ1) is 9.02. The van der Waals surface area contributed by atoms with Gasteiger partial charge in [-0.1, -0.05) is 22.0 Å². The molecule has 12 heavy (non-hydrogen) atoms. The molecule has 0 atom stereocenters. The summed E-state index contributed by atoms with van der Waals surface area (Å²) in [5.74, 6) is 0. The van der Waals surface area contributed by atoms with Crippen LogP contribution >= 0.6 is 15.9 Å². The predicted octanol–water partition coefficient (Wildman–Crippen LogP) is 1.72. The Bertz CT molecular complexity index is 303. The predicted molar refractivity (Wildman–Crippen MR) is 48.0 cm³/mol. The lowest BCUT2D eigenvalue weighted by Crippen LogP contribution is -2.32. The molecule has 0 saturated carbocycles. The third-order valence-electron chi connectivity index (χ3n) is 1.26. The molecule has 0 aromatic heterocycles. The second kappa shape index (κ2) is 3.55. The number of nitrogens with two attached hydrogens (primary N) is 1. The van der Waals surface area contributed by atoms with Gasteiger partial charge in [0.25, 0.3) is 0 Å². The summed E-state index contributed by atoms with van der Waals surface area (Å²) in [4.78, 5) is 10.5. The molecule has 0 bridgehead atoms.